The van der Waals surface area contributed by atoms with Gasteiger partial charge in [0.1, 0.15) is 11.9 Å². The third-order valence-electron chi connectivity index (χ3n) is 7.26. The Balaban J connectivity index is 1.55. The molecule has 36 heavy (non-hydrogen) atoms. The summed E-state index contributed by atoms with van der Waals surface area (Å²) in [6, 6.07) is 11.9. The number of fused-ring (bicyclic) bond motifs is 1. The van der Waals surface area contributed by atoms with E-state index in [0.29, 0.717) is 55.3 Å². The first kappa shape index (κ1) is 24.0. The van der Waals surface area contributed by atoms with E-state index in [1.807, 2.05) is 48.4 Å². The maximum atomic E-state index is 12.7. The first-order valence-corrected chi connectivity index (χ1v) is 12.5. The van der Waals surface area contributed by atoms with Gasteiger partial charge in [0.15, 0.2) is 0 Å². The maximum Gasteiger partial charge on any atom is 0.258 e. The molecule has 0 spiro atoms. The molecule has 1 saturated heterocycles. The monoisotopic (exact) mass is 485 g/mol. The number of carbonyl (C=O) groups excluding carboxylic acids is 1. The fourth-order valence-electron chi connectivity index (χ4n) is 5.21. The first-order valence-electron chi connectivity index (χ1n) is 12.5. The highest BCUT2D eigenvalue weighted by atomic mass is 16.5. The van der Waals surface area contributed by atoms with E-state index >= 15 is 0 Å². The van der Waals surface area contributed by atoms with Gasteiger partial charge in [-0.3, -0.25) is 9.59 Å². The Bertz CT molecular complexity index is 1420. The molecule has 1 saturated carbocycles. The van der Waals surface area contributed by atoms with E-state index in [1.54, 1.807) is 18.7 Å². The minimum atomic E-state index is -0.0423. The van der Waals surface area contributed by atoms with Crippen LogP contribution in [-0.4, -0.2) is 59.8 Å². The van der Waals surface area contributed by atoms with Crippen LogP contribution in [0.25, 0.3) is 21.9 Å². The van der Waals surface area contributed by atoms with Gasteiger partial charge in [0.25, 0.3) is 5.56 Å². The van der Waals surface area contributed by atoms with Gasteiger partial charge in [-0.15, -0.1) is 0 Å². The molecule has 1 aliphatic carbocycles. The van der Waals surface area contributed by atoms with E-state index in [1.165, 1.54) is 0 Å². The van der Waals surface area contributed by atoms with E-state index in [-0.39, 0.29) is 17.5 Å². The van der Waals surface area contributed by atoms with E-state index in [0.717, 1.165) is 35.0 Å². The number of piperazine rings is 1. The number of amides is 1. The summed E-state index contributed by atoms with van der Waals surface area (Å²) in [6.07, 6.45) is 4.36. The van der Waals surface area contributed by atoms with Crippen LogP contribution < -0.4 is 10.5 Å². The number of nitrogens with zero attached hydrogens (tertiary/aromatic N) is 5. The quantitative estimate of drug-likeness (QED) is 0.531. The second kappa shape index (κ2) is 9.75. The minimum absolute atomic E-state index is 0.00749. The van der Waals surface area contributed by atoms with Crippen molar-refractivity contribution in [1.82, 2.24) is 14.5 Å². The number of aromatic nitrogens is 2. The smallest absolute Gasteiger partial charge is 0.258 e. The Morgan fingerprint density at radius 3 is 2.61 bits per heavy atom. The molecule has 1 atom stereocenters. The summed E-state index contributed by atoms with van der Waals surface area (Å²) in [6.45, 7) is 4.28. The average molecular weight is 486 g/mol. The largest absolute Gasteiger partial charge is 0.384 e. The van der Waals surface area contributed by atoms with Gasteiger partial charge in [-0.25, -0.2) is 4.98 Å². The van der Waals surface area contributed by atoms with E-state index in [9.17, 15) is 14.9 Å². The summed E-state index contributed by atoms with van der Waals surface area (Å²) < 4.78 is 6.67. The number of nitriles is 1. The molecule has 1 aromatic carbocycles. The van der Waals surface area contributed by atoms with Gasteiger partial charge in [-0.05, 0) is 37.3 Å². The lowest BCUT2D eigenvalue weighted by molar-refractivity contribution is -0.134. The summed E-state index contributed by atoms with van der Waals surface area (Å²) in [7, 11) is 3.36. The zero-order valence-corrected chi connectivity index (χ0v) is 21.0. The lowest BCUT2D eigenvalue weighted by Gasteiger charge is -2.41. The highest BCUT2D eigenvalue weighted by Crippen LogP contribution is 2.45. The zero-order chi connectivity index (χ0) is 25.4. The van der Waals surface area contributed by atoms with Crippen molar-refractivity contribution in [2.24, 2.45) is 7.05 Å². The van der Waals surface area contributed by atoms with Crippen LogP contribution >= 0.6 is 0 Å². The number of carbonyl (C=O) groups is 1. The molecule has 0 N–H and O–H groups in total. The Labute approximate surface area is 210 Å². The highest BCUT2D eigenvalue weighted by molar-refractivity contribution is 5.97. The molecule has 2 aliphatic rings. The van der Waals surface area contributed by atoms with Crippen LogP contribution in [-0.2, 0) is 16.6 Å². The van der Waals surface area contributed by atoms with Crippen molar-refractivity contribution >= 4 is 22.5 Å². The molecule has 1 aliphatic heterocycles. The standard InChI is InChI=1S/C28H31N5O3/c1-18-16-32(11-12-33(18)25(34)10-13-36-3)27-20(15-29)14-23(26(30-27)19-8-9-19)24-17-31(2)28(35)22-7-5-4-6-21(22)24/h4-7,14,17-19H,8-13,16H2,1-3H3/t18-/m1/s1. The molecule has 1 amide bonds. The van der Waals surface area contributed by atoms with Crippen molar-refractivity contribution in [1.29, 1.82) is 5.26 Å². The van der Waals surface area contributed by atoms with Crippen molar-refractivity contribution in [2.45, 2.75) is 38.1 Å². The van der Waals surface area contributed by atoms with E-state index in [4.69, 9.17) is 9.72 Å². The minimum Gasteiger partial charge on any atom is -0.384 e. The molecule has 5 rings (SSSR count). The second-order valence-corrected chi connectivity index (χ2v) is 9.81. The van der Waals surface area contributed by atoms with Crippen LogP contribution in [0.2, 0.25) is 0 Å². The molecule has 0 radical (unpaired) electrons. The number of hydrogen-bond acceptors (Lipinski definition) is 6. The number of pyridine rings is 2. The number of anilines is 1. The molecule has 0 unspecified atom stereocenters. The number of benzene rings is 1. The predicted molar refractivity (Wildman–Crippen MR) is 139 cm³/mol. The van der Waals surface area contributed by atoms with Crippen LogP contribution in [0.3, 0.4) is 0 Å². The van der Waals surface area contributed by atoms with Gasteiger partial charge in [0.05, 0.1) is 24.3 Å². The van der Waals surface area contributed by atoms with Gasteiger partial charge in [-0.1, -0.05) is 18.2 Å². The van der Waals surface area contributed by atoms with E-state index in [2.05, 4.69) is 11.0 Å². The molecule has 3 aromatic rings. The summed E-state index contributed by atoms with van der Waals surface area (Å²) >= 11 is 0. The van der Waals surface area contributed by atoms with Crippen LogP contribution in [0, 0.1) is 11.3 Å². The van der Waals surface area contributed by atoms with Crippen molar-refractivity contribution in [2.75, 3.05) is 38.3 Å². The third-order valence-corrected chi connectivity index (χ3v) is 7.26. The zero-order valence-electron chi connectivity index (χ0n) is 21.0. The molecule has 8 heteroatoms. The number of hydrogen-bond donors (Lipinski definition) is 0. The lowest BCUT2D eigenvalue weighted by atomic mass is 9.96. The molecule has 0 bridgehead atoms. The Morgan fingerprint density at radius 1 is 1.19 bits per heavy atom. The van der Waals surface area contributed by atoms with Gasteiger partial charge >= 0.3 is 0 Å². The molecule has 2 aromatic heterocycles. The molecule has 186 valence electrons. The predicted octanol–water partition coefficient (Wildman–Crippen LogP) is 3.42. The maximum absolute atomic E-state index is 12.7. The Morgan fingerprint density at radius 2 is 1.94 bits per heavy atom. The van der Waals surface area contributed by atoms with Gasteiger partial charge < -0.3 is 19.1 Å². The number of rotatable bonds is 6. The van der Waals surface area contributed by atoms with Gasteiger partial charge in [-0.2, -0.15) is 5.26 Å². The summed E-state index contributed by atoms with van der Waals surface area (Å²) in [5, 5.41) is 11.7. The van der Waals surface area contributed by atoms with Crippen molar-refractivity contribution in [3.8, 4) is 17.2 Å². The van der Waals surface area contributed by atoms with Crippen LogP contribution in [0.5, 0.6) is 0 Å². The van der Waals surface area contributed by atoms with Crippen LogP contribution in [0.4, 0.5) is 5.82 Å². The first-order chi connectivity index (χ1) is 17.4. The average Bonchev–Trinajstić information content (AvgIpc) is 3.74. The van der Waals surface area contributed by atoms with Gasteiger partial charge in [0, 0.05) is 68.5 Å². The topological polar surface area (TPSA) is 91.5 Å². The second-order valence-electron chi connectivity index (χ2n) is 9.81. The Kier molecular flexibility index (Phi) is 6.50. The number of aryl methyl sites for hydroxylation is 1. The fourth-order valence-corrected chi connectivity index (χ4v) is 5.21. The molecule has 8 nitrogen and oxygen atoms in total. The number of methoxy groups -OCH3 is 1. The summed E-state index contributed by atoms with van der Waals surface area (Å²) in [5.41, 5.74) is 3.30. The van der Waals surface area contributed by atoms with E-state index < -0.39 is 0 Å². The van der Waals surface area contributed by atoms with Crippen LogP contribution in [0.15, 0.2) is 41.3 Å². The fraction of sp³-hybridized carbons (Fsp3) is 0.429. The van der Waals surface area contributed by atoms with Crippen molar-refractivity contribution < 1.29 is 9.53 Å². The summed E-state index contributed by atoms with van der Waals surface area (Å²) in [4.78, 5) is 34.5. The SMILES string of the molecule is COCCC(=O)N1CCN(c2nc(C3CC3)c(-c3cn(C)c(=O)c4ccccc34)cc2C#N)C[C@H]1C. The van der Waals surface area contributed by atoms with Gasteiger partial charge in [0.2, 0.25) is 5.91 Å². The molecular weight excluding hydrogens is 454 g/mol. The van der Waals surface area contributed by atoms with Crippen molar-refractivity contribution in [3.05, 3.63) is 58.1 Å². The highest BCUT2D eigenvalue weighted by Gasteiger charge is 2.33. The third kappa shape index (κ3) is 4.35. The van der Waals surface area contributed by atoms with Crippen LogP contribution in [0.1, 0.15) is 43.4 Å². The lowest BCUT2D eigenvalue weighted by Crippen LogP contribution is -2.54. The Hall–Kier alpha value is -3.70. The molecule has 2 fully saturated rings. The normalized spacial score (nSPS) is 17.9. The van der Waals surface area contributed by atoms with Crippen molar-refractivity contribution in [3.63, 3.8) is 0 Å². The molecular formula is C28H31N5O3. The number of ether oxygens (including phenoxy) is 1. The molecule has 3 heterocycles. The summed E-state index contributed by atoms with van der Waals surface area (Å²) in [5.74, 6) is 1.12.